The van der Waals surface area contributed by atoms with Gasteiger partial charge in [-0.3, -0.25) is 4.31 Å². The van der Waals surface area contributed by atoms with Gasteiger partial charge in [-0.05, 0) is 57.3 Å². The number of carbonyl (C=O) groups excluding carboxylic acids is 1. The first kappa shape index (κ1) is 20.6. The van der Waals surface area contributed by atoms with E-state index in [1.165, 1.54) is 6.42 Å². The summed E-state index contributed by atoms with van der Waals surface area (Å²) >= 11 is 1.81. The van der Waals surface area contributed by atoms with Gasteiger partial charge in [0.2, 0.25) is 0 Å². The molecule has 1 heterocycles. The van der Waals surface area contributed by atoms with Crippen molar-refractivity contribution in [3.8, 4) is 0 Å². The van der Waals surface area contributed by atoms with Crippen LogP contribution in [-0.2, 0) is 0 Å². The Balaban J connectivity index is 1.71. The summed E-state index contributed by atoms with van der Waals surface area (Å²) in [5, 5.41) is 15.3. The minimum atomic E-state index is -0.0292. The lowest BCUT2D eigenvalue weighted by molar-refractivity contribution is 0.211. The largest absolute Gasteiger partial charge is 0.396 e. The average Bonchev–Trinajstić information content (AvgIpc) is 3.00. The molecule has 2 fully saturated rings. The van der Waals surface area contributed by atoms with Crippen LogP contribution in [0.3, 0.4) is 0 Å². The van der Waals surface area contributed by atoms with Gasteiger partial charge in [-0.25, -0.2) is 4.79 Å². The predicted octanol–water partition coefficient (Wildman–Crippen LogP) is 3.31. The van der Waals surface area contributed by atoms with Gasteiger partial charge in [0.1, 0.15) is 0 Å². The number of urea groups is 1. The third-order valence-corrected chi connectivity index (χ3v) is 6.83. The van der Waals surface area contributed by atoms with Gasteiger partial charge in [0.25, 0.3) is 0 Å². The van der Waals surface area contributed by atoms with Crippen molar-refractivity contribution in [1.82, 2.24) is 14.9 Å². The minimum Gasteiger partial charge on any atom is -0.396 e. The Morgan fingerprint density at radius 2 is 2.16 bits per heavy atom. The van der Waals surface area contributed by atoms with Crippen LogP contribution in [0.5, 0.6) is 0 Å². The highest BCUT2D eigenvalue weighted by Gasteiger charge is 2.38. The van der Waals surface area contributed by atoms with Crippen LogP contribution in [0.1, 0.15) is 58.3 Å². The molecule has 2 aliphatic rings. The van der Waals surface area contributed by atoms with E-state index < -0.39 is 0 Å². The second kappa shape index (κ2) is 10.4. The zero-order valence-electron chi connectivity index (χ0n) is 15.6. The maximum atomic E-state index is 12.5. The SMILES string of the molecule is C=CCC1CCC(CC)(NC(=O)NC2CCN(SCCCO)CC2)C1. The summed E-state index contributed by atoms with van der Waals surface area (Å²) in [6.45, 7) is 8.29. The fourth-order valence-corrected chi connectivity index (χ4v) is 5.03. The summed E-state index contributed by atoms with van der Waals surface area (Å²) < 4.78 is 2.36. The molecule has 2 atom stereocenters. The van der Waals surface area contributed by atoms with E-state index in [2.05, 4.69) is 28.4 Å². The van der Waals surface area contributed by atoms with E-state index in [0.717, 1.165) is 63.8 Å². The quantitative estimate of drug-likeness (QED) is 0.331. The van der Waals surface area contributed by atoms with E-state index in [9.17, 15) is 4.79 Å². The number of amides is 2. The molecule has 1 saturated heterocycles. The molecule has 0 aromatic carbocycles. The number of nitrogens with one attached hydrogen (secondary N) is 2. The lowest BCUT2D eigenvalue weighted by Crippen LogP contribution is -2.54. The highest BCUT2D eigenvalue weighted by atomic mass is 32.2. The Morgan fingerprint density at radius 1 is 1.40 bits per heavy atom. The van der Waals surface area contributed by atoms with Crippen LogP contribution >= 0.6 is 11.9 Å². The molecule has 0 aromatic heterocycles. The van der Waals surface area contributed by atoms with Crippen LogP contribution in [0.2, 0.25) is 0 Å². The van der Waals surface area contributed by atoms with Gasteiger partial charge in [-0.1, -0.05) is 24.9 Å². The standard InChI is InChI=1S/C19H35N3O2S/c1-3-6-16-7-10-19(4-2,15-16)21-18(24)20-17-8-11-22(12-9-17)25-14-5-13-23/h3,16-17,23H,1,4-15H2,2H3,(H2,20,21,24). The van der Waals surface area contributed by atoms with E-state index >= 15 is 0 Å². The molecule has 1 aliphatic carbocycles. The molecule has 0 aromatic rings. The number of piperidine rings is 1. The van der Waals surface area contributed by atoms with Crippen molar-refractivity contribution in [3.05, 3.63) is 12.7 Å². The van der Waals surface area contributed by atoms with E-state index in [0.29, 0.717) is 5.92 Å². The molecule has 2 amide bonds. The Labute approximate surface area is 157 Å². The first-order valence-electron chi connectivity index (χ1n) is 9.79. The second-order valence-electron chi connectivity index (χ2n) is 7.48. The molecule has 2 unspecified atom stereocenters. The second-order valence-corrected chi connectivity index (χ2v) is 8.66. The van der Waals surface area contributed by atoms with Gasteiger partial charge >= 0.3 is 6.03 Å². The molecule has 3 N–H and O–H groups in total. The Morgan fingerprint density at radius 3 is 2.80 bits per heavy atom. The maximum Gasteiger partial charge on any atom is 0.315 e. The zero-order valence-corrected chi connectivity index (χ0v) is 16.5. The number of carbonyl (C=O) groups is 1. The molecule has 144 valence electrons. The third-order valence-electron chi connectivity index (χ3n) is 5.63. The summed E-state index contributed by atoms with van der Waals surface area (Å²) in [6.07, 6.45) is 10.2. The van der Waals surface area contributed by atoms with Crippen LogP contribution in [0, 0.1) is 5.92 Å². The van der Waals surface area contributed by atoms with Crippen molar-refractivity contribution in [2.75, 3.05) is 25.4 Å². The summed E-state index contributed by atoms with van der Waals surface area (Å²) in [7, 11) is 0. The lowest BCUT2D eigenvalue weighted by atomic mass is 9.92. The van der Waals surface area contributed by atoms with Crippen molar-refractivity contribution in [2.45, 2.75) is 69.9 Å². The molecule has 1 saturated carbocycles. The van der Waals surface area contributed by atoms with Gasteiger partial charge in [-0.15, -0.1) is 6.58 Å². The summed E-state index contributed by atoms with van der Waals surface area (Å²) in [4.78, 5) is 12.5. The Bertz CT molecular complexity index is 427. The predicted molar refractivity (Wildman–Crippen MR) is 106 cm³/mol. The molecular formula is C19H35N3O2S. The molecule has 0 bridgehead atoms. The third kappa shape index (κ3) is 6.50. The zero-order chi connectivity index (χ0) is 18.1. The summed E-state index contributed by atoms with van der Waals surface area (Å²) in [5.41, 5.74) is -0.0292. The molecule has 2 rings (SSSR count). The van der Waals surface area contributed by atoms with Gasteiger partial charge in [0, 0.05) is 37.0 Å². The van der Waals surface area contributed by atoms with Gasteiger partial charge in [0.05, 0.1) is 0 Å². The van der Waals surface area contributed by atoms with Gasteiger partial charge in [-0.2, -0.15) is 0 Å². The van der Waals surface area contributed by atoms with Crippen molar-refractivity contribution >= 4 is 18.0 Å². The van der Waals surface area contributed by atoms with Gasteiger partial charge in [0.15, 0.2) is 0 Å². The fraction of sp³-hybridized carbons (Fsp3) is 0.842. The van der Waals surface area contributed by atoms with Crippen molar-refractivity contribution in [2.24, 2.45) is 5.92 Å². The molecule has 6 heteroatoms. The van der Waals surface area contributed by atoms with E-state index in [-0.39, 0.29) is 24.2 Å². The molecular weight excluding hydrogens is 334 g/mol. The van der Waals surface area contributed by atoms with Crippen LogP contribution < -0.4 is 10.6 Å². The average molecular weight is 370 g/mol. The first-order valence-corrected chi connectivity index (χ1v) is 10.7. The van der Waals surface area contributed by atoms with Crippen LogP contribution in [0.4, 0.5) is 4.79 Å². The number of aliphatic hydroxyl groups excluding tert-OH is 1. The van der Waals surface area contributed by atoms with Gasteiger partial charge < -0.3 is 15.7 Å². The lowest BCUT2D eigenvalue weighted by Gasteiger charge is -2.34. The summed E-state index contributed by atoms with van der Waals surface area (Å²) in [5.74, 6) is 1.64. The number of rotatable bonds is 9. The van der Waals surface area contributed by atoms with Crippen LogP contribution in [-0.4, -0.2) is 52.5 Å². The smallest absolute Gasteiger partial charge is 0.315 e. The number of allylic oxidation sites excluding steroid dienone is 1. The number of hydrogen-bond acceptors (Lipinski definition) is 4. The minimum absolute atomic E-state index is 0.00693. The molecule has 5 nitrogen and oxygen atoms in total. The van der Waals surface area contributed by atoms with Crippen LogP contribution in [0.25, 0.3) is 0 Å². The molecule has 0 spiro atoms. The highest BCUT2D eigenvalue weighted by molar-refractivity contribution is 7.97. The van der Waals surface area contributed by atoms with Crippen LogP contribution in [0.15, 0.2) is 12.7 Å². The molecule has 1 aliphatic heterocycles. The number of hydrogen-bond donors (Lipinski definition) is 3. The Hall–Kier alpha value is -0.720. The normalized spacial score (nSPS) is 28.0. The monoisotopic (exact) mass is 369 g/mol. The molecule has 25 heavy (non-hydrogen) atoms. The van der Waals surface area contributed by atoms with E-state index in [1.807, 2.05) is 18.0 Å². The topological polar surface area (TPSA) is 64.6 Å². The Kier molecular flexibility index (Phi) is 8.59. The van der Waals surface area contributed by atoms with Crippen molar-refractivity contribution in [3.63, 3.8) is 0 Å². The van der Waals surface area contributed by atoms with E-state index in [1.54, 1.807) is 0 Å². The maximum absolute atomic E-state index is 12.5. The number of nitrogens with zero attached hydrogens (tertiary/aromatic N) is 1. The fourth-order valence-electron chi connectivity index (χ4n) is 4.05. The first-order chi connectivity index (χ1) is 12.1. The highest BCUT2D eigenvalue weighted by Crippen LogP contribution is 2.38. The van der Waals surface area contributed by atoms with Crippen molar-refractivity contribution < 1.29 is 9.90 Å². The van der Waals surface area contributed by atoms with E-state index in [4.69, 9.17) is 5.11 Å². The summed E-state index contributed by atoms with van der Waals surface area (Å²) in [6, 6.07) is 0.279. The number of aliphatic hydroxyl groups is 1. The van der Waals surface area contributed by atoms with Crippen molar-refractivity contribution in [1.29, 1.82) is 0 Å². The molecule has 0 radical (unpaired) electrons.